The van der Waals surface area contributed by atoms with Crippen molar-refractivity contribution in [1.29, 1.82) is 0 Å². The maximum absolute atomic E-state index is 2.86. The first kappa shape index (κ1) is 10.8. The minimum absolute atomic E-state index is 0.986. The SMILES string of the molecule is C[CH2][Sn]([CH3])([CH3])[N]1CCC(C)CC1. The normalized spacial score (nSPS) is 23.0. The fraction of sp³-hybridized carbons (Fsp3) is 1.00. The molecule has 1 saturated heterocycles. The summed E-state index contributed by atoms with van der Waals surface area (Å²) in [5, 5.41) is 0. The van der Waals surface area contributed by atoms with Crippen LogP contribution in [0, 0.1) is 5.92 Å². The second kappa shape index (κ2) is 4.32. The van der Waals surface area contributed by atoms with Crippen molar-refractivity contribution in [3.63, 3.8) is 0 Å². The number of piperidine rings is 1. The molecular formula is C10H23NSn. The Hall–Kier alpha value is 0.759. The molecule has 0 saturated carbocycles. The van der Waals surface area contributed by atoms with Gasteiger partial charge in [-0.05, 0) is 0 Å². The maximum atomic E-state index is 2.86. The molecule has 0 aromatic rings. The molecule has 1 nitrogen and oxygen atoms in total. The van der Waals surface area contributed by atoms with E-state index < -0.39 is 18.7 Å². The van der Waals surface area contributed by atoms with E-state index in [9.17, 15) is 0 Å². The summed E-state index contributed by atoms with van der Waals surface area (Å²) in [7, 11) is 0. The van der Waals surface area contributed by atoms with Crippen LogP contribution in [0.4, 0.5) is 0 Å². The zero-order chi connectivity index (χ0) is 9.19. The van der Waals surface area contributed by atoms with Crippen molar-refractivity contribution in [2.24, 2.45) is 5.92 Å². The van der Waals surface area contributed by atoms with Gasteiger partial charge in [-0.15, -0.1) is 0 Å². The molecule has 1 fully saturated rings. The molecule has 0 amide bonds. The first-order chi connectivity index (χ1) is 5.56. The minimum atomic E-state index is -1.69. The van der Waals surface area contributed by atoms with Crippen LogP contribution in [0.2, 0.25) is 14.3 Å². The summed E-state index contributed by atoms with van der Waals surface area (Å²) in [5.41, 5.74) is 0. The van der Waals surface area contributed by atoms with Gasteiger partial charge in [-0.2, -0.15) is 0 Å². The molecule has 0 spiro atoms. The number of hydrogen-bond donors (Lipinski definition) is 0. The molecule has 1 aliphatic heterocycles. The van der Waals surface area contributed by atoms with Crippen molar-refractivity contribution in [3.8, 4) is 0 Å². The Balaban J connectivity index is 2.44. The van der Waals surface area contributed by atoms with E-state index in [2.05, 4.69) is 26.8 Å². The number of hydrogen-bond acceptors (Lipinski definition) is 1. The molecule has 0 unspecified atom stereocenters. The van der Waals surface area contributed by atoms with Crippen molar-refractivity contribution < 1.29 is 0 Å². The van der Waals surface area contributed by atoms with Gasteiger partial charge in [-0.25, -0.2) is 0 Å². The fourth-order valence-electron chi connectivity index (χ4n) is 1.84. The Morgan fingerprint density at radius 2 is 1.75 bits per heavy atom. The first-order valence-corrected chi connectivity index (χ1v) is 14.3. The standard InChI is InChI=1S/C6H12N.C2H5.2CH3.Sn/c1-6-2-4-7-5-3-6;1-2;;;/h6H,2-5H2,1H3;1H2,2H3;2*1H3;/q-1;;;;+1. The Kier molecular flexibility index (Phi) is 3.90. The Morgan fingerprint density at radius 3 is 2.17 bits per heavy atom. The molecule has 12 heavy (non-hydrogen) atoms. The topological polar surface area (TPSA) is 3.24 Å². The van der Waals surface area contributed by atoms with Crippen molar-refractivity contribution in [3.05, 3.63) is 0 Å². The van der Waals surface area contributed by atoms with Crippen molar-refractivity contribution in [2.45, 2.75) is 41.0 Å². The van der Waals surface area contributed by atoms with E-state index in [4.69, 9.17) is 0 Å². The van der Waals surface area contributed by atoms with Crippen LogP contribution in [0.1, 0.15) is 26.7 Å². The fourth-order valence-corrected chi connectivity index (χ4v) is 7.31. The van der Waals surface area contributed by atoms with E-state index >= 15 is 0 Å². The Morgan fingerprint density at radius 1 is 1.25 bits per heavy atom. The molecule has 1 heterocycles. The third-order valence-electron chi connectivity index (χ3n) is 3.50. The summed E-state index contributed by atoms with van der Waals surface area (Å²) in [6.45, 7) is 7.58. The number of rotatable bonds is 2. The van der Waals surface area contributed by atoms with Gasteiger partial charge in [0.25, 0.3) is 0 Å². The monoisotopic (exact) mass is 277 g/mol. The quantitative estimate of drug-likeness (QED) is 0.701. The van der Waals surface area contributed by atoms with Gasteiger partial charge in [0.2, 0.25) is 0 Å². The second-order valence-corrected chi connectivity index (χ2v) is 19.0. The van der Waals surface area contributed by atoms with Gasteiger partial charge in [0.15, 0.2) is 0 Å². The Labute approximate surface area is 81.8 Å². The predicted octanol–water partition coefficient (Wildman–Crippen LogP) is 2.94. The van der Waals surface area contributed by atoms with Crippen LogP contribution in [0.5, 0.6) is 0 Å². The summed E-state index contributed by atoms with van der Waals surface area (Å²) >= 11 is -1.69. The molecule has 0 aromatic carbocycles. The Bertz CT molecular complexity index is 137. The molecule has 0 aliphatic carbocycles. The third kappa shape index (κ3) is 2.62. The molecule has 0 bridgehead atoms. The molecular weight excluding hydrogens is 253 g/mol. The number of nitrogens with zero attached hydrogens (tertiary/aromatic N) is 1. The van der Waals surface area contributed by atoms with Gasteiger partial charge in [-0.3, -0.25) is 0 Å². The van der Waals surface area contributed by atoms with Gasteiger partial charge >= 0.3 is 81.8 Å². The summed E-state index contributed by atoms with van der Waals surface area (Å²) in [4.78, 5) is 5.15. The summed E-state index contributed by atoms with van der Waals surface area (Å²) in [5.74, 6) is 0.986. The zero-order valence-electron chi connectivity index (χ0n) is 9.06. The molecule has 0 aromatic heterocycles. The van der Waals surface area contributed by atoms with Crippen molar-refractivity contribution in [1.82, 2.24) is 3.12 Å². The van der Waals surface area contributed by atoms with Gasteiger partial charge in [-0.1, -0.05) is 0 Å². The van der Waals surface area contributed by atoms with Crippen molar-refractivity contribution in [2.75, 3.05) is 13.1 Å². The van der Waals surface area contributed by atoms with Crippen molar-refractivity contribution >= 4 is 18.7 Å². The van der Waals surface area contributed by atoms with E-state index in [1.54, 1.807) is 0 Å². The first-order valence-electron chi connectivity index (χ1n) is 5.31. The molecule has 0 radical (unpaired) electrons. The van der Waals surface area contributed by atoms with Crippen LogP contribution in [-0.2, 0) is 0 Å². The van der Waals surface area contributed by atoms with E-state index in [0.717, 1.165) is 5.92 Å². The van der Waals surface area contributed by atoms with Gasteiger partial charge < -0.3 is 0 Å². The average Bonchev–Trinajstić information content (AvgIpc) is 2.05. The van der Waals surface area contributed by atoms with Crippen LogP contribution < -0.4 is 0 Å². The average molecular weight is 276 g/mol. The van der Waals surface area contributed by atoms with Gasteiger partial charge in [0.1, 0.15) is 0 Å². The van der Waals surface area contributed by atoms with Crippen LogP contribution in [0.15, 0.2) is 0 Å². The zero-order valence-corrected chi connectivity index (χ0v) is 11.9. The van der Waals surface area contributed by atoms with Crippen LogP contribution in [0.25, 0.3) is 0 Å². The third-order valence-corrected chi connectivity index (χ3v) is 14.6. The van der Waals surface area contributed by atoms with E-state index in [1.165, 1.54) is 30.4 Å². The van der Waals surface area contributed by atoms with E-state index in [1.807, 2.05) is 0 Å². The summed E-state index contributed by atoms with van der Waals surface area (Å²) in [6.07, 6.45) is 2.89. The molecule has 0 N–H and O–H groups in total. The van der Waals surface area contributed by atoms with Gasteiger partial charge in [0.05, 0.1) is 0 Å². The molecule has 1 rings (SSSR count). The molecule has 2 heteroatoms. The van der Waals surface area contributed by atoms with E-state index in [-0.39, 0.29) is 0 Å². The summed E-state index contributed by atoms with van der Waals surface area (Å²) in [6, 6.07) is 0. The molecule has 72 valence electrons. The van der Waals surface area contributed by atoms with Gasteiger partial charge in [0, 0.05) is 0 Å². The molecule has 0 atom stereocenters. The molecule has 1 aliphatic rings. The van der Waals surface area contributed by atoms with Crippen LogP contribution >= 0.6 is 0 Å². The summed E-state index contributed by atoms with van der Waals surface area (Å²) < 4.78 is 4.33. The second-order valence-electron chi connectivity index (χ2n) is 4.84. The van der Waals surface area contributed by atoms with Crippen LogP contribution in [0.3, 0.4) is 0 Å². The predicted molar refractivity (Wildman–Crippen MR) is 57.9 cm³/mol. The van der Waals surface area contributed by atoms with E-state index in [0.29, 0.717) is 0 Å². The van der Waals surface area contributed by atoms with Crippen LogP contribution in [-0.4, -0.2) is 34.9 Å².